The molecule has 0 fully saturated rings. The summed E-state index contributed by atoms with van der Waals surface area (Å²) in [6.07, 6.45) is 0.786. The summed E-state index contributed by atoms with van der Waals surface area (Å²) in [5.74, 6) is -0.827. The number of halogens is 1. The number of hydrogen-bond donors (Lipinski definition) is 1. The number of aromatic nitrogens is 3. The van der Waals surface area contributed by atoms with Gasteiger partial charge in [0.05, 0.1) is 11.3 Å². The van der Waals surface area contributed by atoms with Gasteiger partial charge in [-0.3, -0.25) is 9.36 Å². The Morgan fingerprint density at radius 3 is 2.90 bits per heavy atom. The average Bonchev–Trinajstić information content (AvgIpc) is 2.78. The Labute approximate surface area is 119 Å². The van der Waals surface area contributed by atoms with Gasteiger partial charge < -0.3 is 0 Å². The largest absolute Gasteiger partial charge is 0.343 e. The molecule has 0 unspecified atom stereocenters. The molecule has 0 radical (unpaired) electrons. The lowest BCUT2D eigenvalue weighted by Crippen LogP contribution is -2.17. The third-order valence-electron chi connectivity index (χ3n) is 2.68. The predicted molar refractivity (Wildman–Crippen MR) is 74.6 cm³/mol. The fraction of sp³-hybridized carbons (Fsp3) is 0.308. The summed E-state index contributed by atoms with van der Waals surface area (Å²) in [7, 11) is 0. The van der Waals surface area contributed by atoms with Crippen molar-refractivity contribution in [2.75, 3.05) is 5.75 Å². The van der Waals surface area contributed by atoms with Crippen molar-refractivity contribution in [3.05, 3.63) is 46.1 Å². The SMILES string of the molecule is CCCn1c(SCC(=O)c2ccccc2F)n[nH]c1=O. The lowest BCUT2D eigenvalue weighted by atomic mass is 10.1. The maximum Gasteiger partial charge on any atom is 0.343 e. The van der Waals surface area contributed by atoms with E-state index < -0.39 is 5.82 Å². The Kier molecular flexibility index (Phi) is 4.73. The Bertz CT molecular complexity index is 666. The maximum atomic E-state index is 13.5. The Morgan fingerprint density at radius 1 is 1.45 bits per heavy atom. The van der Waals surface area contributed by atoms with Crippen LogP contribution < -0.4 is 5.69 Å². The van der Waals surface area contributed by atoms with Crippen LogP contribution in [-0.2, 0) is 6.54 Å². The second kappa shape index (κ2) is 6.51. The summed E-state index contributed by atoms with van der Waals surface area (Å²) < 4.78 is 14.9. The molecule has 0 bridgehead atoms. The van der Waals surface area contributed by atoms with Crippen LogP contribution in [0.1, 0.15) is 23.7 Å². The molecule has 0 aliphatic rings. The van der Waals surface area contributed by atoms with E-state index in [1.807, 2.05) is 6.92 Å². The molecule has 0 saturated heterocycles. The van der Waals surface area contributed by atoms with Crippen molar-refractivity contribution in [1.82, 2.24) is 14.8 Å². The first-order chi connectivity index (χ1) is 9.63. The number of aromatic amines is 1. The molecule has 2 rings (SSSR count). The van der Waals surface area contributed by atoms with Gasteiger partial charge in [0.15, 0.2) is 10.9 Å². The number of nitrogens with one attached hydrogen (secondary N) is 1. The number of hydrogen-bond acceptors (Lipinski definition) is 4. The zero-order chi connectivity index (χ0) is 14.5. The lowest BCUT2D eigenvalue weighted by molar-refractivity contribution is 0.101. The molecule has 1 heterocycles. The topological polar surface area (TPSA) is 67.8 Å². The molecule has 2 aromatic rings. The first-order valence-corrected chi connectivity index (χ1v) is 7.17. The van der Waals surface area contributed by atoms with Crippen LogP contribution in [-0.4, -0.2) is 26.3 Å². The number of thioether (sulfide) groups is 1. The molecule has 7 heteroatoms. The highest BCUT2D eigenvalue weighted by Gasteiger charge is 2.14. The molecule has 0 saturated carbocycles. The van der Waals surface area contributed by atoms with Gasteiger partial charge >= 0.3 is 5.69 Å². The molecule has 106 valence electrons. The highest BCUT2D eigenvalue weighted by atomic mass is 32.2. The molecule has 0 spiro atoms. The molecule has 1 N–H and O–H groups in total. The monoisotopic (exact) mass is 295 g/mol. The van der Waals surface area contributed by atoms with E-state index in [0.717, 1.165) is 18.2 Å². The minimum atomic E-state index is -0.536. The highest BCUT2D eigenvalue weighted by Crippen LogP contribution is 2.17. The lowest BCUT2D eigenvalue weighted by Gasteiger charge is -2.04. The van der Waals surface area contributed by atoms with Gasteiger partial charge in [-0.1, -0.05) is 30.8 Å². The molecule has 1 aromatic carbocycles. The van der Waals surface area contributed by atoms with E-state index in [0.29, 0.717) is 11.7 Å². The van der Waals surface area contributed by atoms with Crippen LogP contribution in [0.25, 0.3) is 0 Å². The standard InChI is InChI=1S/C13H14FN3O2S/c1-2-7-17-12(19)15-16-13(17)20-8-11(18)9-5-3-4-6-10(9)14/h3-6H,2,7-8H2,1H3,(H,15,19). The third kappa shape index (κ3) is 3.16. The Morgan fingerprint density at radius 2 is 2.20 bits per heavy atom. The number of nitrogens with zero attached hydrogens (tertiary/aromatic N) is 2. The van der Waals surface area contributed by atoms with Crippen molar-refractivity contribution in [2.24, 2.45) is 0 Å². The summed E-state index contributed by atoms with van der Waals surface area (Å²) in [5.41, 5.74) is -0.243. The summed E-state index contributed by atoms with van der Waals surface area (Å²) in [6, 6.07) is 5.84. The Hall–Kier alpha value is -1.89. The van der Waals surface area contributed by atoms with Crippen molar-refractivity contribution in [1.29, 1.82) is 0 Å². The van der Waals surface area contributed by atoms with Crippen molar-refractivity contribution in [2.45, 2.75) is 25.0 Å². The number of carbonyl (C=O) groups is 1. The second-order valence-electron chi connectivity index (χ2n) is 4.15. The molecule has 0 aliphatic carbocycles. The Balaban J connectivity index is 2.08. The van der Waals surface area contributed by atoms with Crippen LogP contribution in [0, 0.1) is 5.82 Å². The molecule has 0 amide bonds. The fourth-order valence-corrected chi connectivity index (χ4v) is 2.59. The van der Waals surface area contributed by atoms with Crippen LogP contribution in [0.3, 0.4) is 0 Å². The van der Waals surface area contributed by atoms with E-state index in [9.17, 15) is 14.0 Å². The van der Waals surface area contributed by atoms with Crippen LogP contribution in [0.4, 0.5) is 4.39 Å². The molecule has 0 aliphatic heterocycles. The maximum absolute atomic E-state index is 13.5. The molecule has 0 atom stereocenters. The quantitative estimate of drug-likeness (QED) is 0.654. The van der Waals surface area contributed by atoms with Gasteiger partial charge in [0.1, 0.15) is 5.82 Å². The third-order valence-corrected chi connectivity index (χ3v) is 3.65. The highest BCUT2D eigenvalue weighted by molar-refractivity contribution is 7.99. The summed E-state index contributed by atoms with van der Waals surface area (Å²) in [6.45, 7) is 2.48. The zero-order valence-corrected chi connectivity index (χ0v) is 11.7. The molecule has 1 aromatic heterocycles. The van der Waals surface area contributed by atoms with E-state index >= 15 is 0 Å². The summed E-state index contributed by atoms with van der Waals surface area (Å²) in [5, 5.41) is 6.66. The van der Waals surface area contributed by atoms with Crippen molar-refractivity contribution < 1.29 is 9.18 Å². The van der Waals surface area contributed by atoms with Gasteiger partial charge in [-0.15, -0.1) is 5.10 Å². The van der Waals surface area contributed by atoms with Gasteiger partial charge in [0.2, 0.25) is 0 Å². The van der Waals surface area contributed by atoms with Crippen LogP contribution in [0.15, 0.2) is 34.2 Å². The summed E-state index contributed by atoms with van der Waals surface area (Å²) >= 11 is 1.12. The van der Waals surface area contributed by atoms with Crippen molar-refractivity contribution in [3.8, 4) is 0 Å². The van der Waals surface area contributed by atoms with E-state index in [4.69, 9.17) is 0 Å². The smallest absolute Gasteiger partial charge is 0.293 e. The molecule has 5 nitrogen and oxygen atoms in total. The number of rotatable bonds is 6. The number of benzene rings is 1. The van der Waals surface area contributed by atoms with Crippen LogP contribution in [0.5, 0.6) is 0 Å². The van der Waals surface area contributed by atoms with E-state index in [1.54, 1.807) is 6.07 Å². The molecular formula is C13H14FN3O2S. The number of ketones is 1. The first kappa shape index (κ1) is 14.5. The second-order valence-corrected chi connectivity index (χ2v) is 5.10. The van der Waals surface area contributed by atoms with Gasteiger partial charge in [-0.25, -0.2) is 14.3 Å². The average molecular weight is 295 g/mol. The number of H-pyrrole nitrogens is 1. The van der Waals surface area contributed by atoms with E-state index in [2.05, 4.69) is 10.2 Å². The summed E-state index contributed by atoms with van der Waals surface area (Å²) in [4.78, 5) is 23.4. The number of Topliss-reactive ketones (excluding diaryl/α,β-unsaturated/α-hetero) is 1. The van der Waals surface area contributed by atoms with Crippen molar-refractivity contribution >= 4 is 17.5 Å². The zero-order valence-electron chi connectivity index (χ0n) is 10.9. The first-order valence-electron chi connectivity index (χ1n) is 6.19. The molecule has 20 heavy (non-hydrogen) atoms. The number of carbonyl (C=O) groups excluding carboxylic acids is 1. The normalized spacial score (nSPS) is 10.7. The van der Waals surface area contributed by atoms with Crippen LogP contribution >= 0.6 is 11.8 Å². The van der Waals surface area contributed by atoms with E-state index in [-0.39, 0.29) is 22.8 Å². The predicted octanol–water partition coefficient (Wildman–Crippen LogP) is 2.10. The van der Waals surface area contributed by atoms with Gasteiger partial charge in [0.25, 0.3) is 0 Å². The minimum Gasteiger partial charge on any atom is -0.293 e. The van der Waals surface area contributed by atoms with Crippen molar-refractivity contribution in [3.63, 3.8) is 0 Å². The van der Waals surface area contributed by atoms with Gasteiger partial charge in [0, 0.05) is 6.54 Å². The minimum absolute atomic E-state index is 0.0366. The van der Waals surface area contributed by atoms with Crippen LogP contribution in [0.2, 0.25) is 0 Å². The molecular weight excluding hydrogens is 281 g/mol. The fourth-order valence-electron chi connectivity index (χ4n) is 1.73. The van der Waals surface area contributed by atoms with Gasteiger partial charge in [-0.05, 0) is 18.6 Å². The van der Waals surface area contributed by atoms with Gasteiger partial charge in [-0.2, -0.15) is 0 Å². The van der Waals surface area contributed by atoms with E-state index in [1.165, 1.54) is 22.8 Å².